The Kier molecular flexibility index (Phi) is 2.27. The average molecular weight is 168 g/mol. The molecule has 0 saturated carbocycles. The Morgan fingerprint density at radius 3 is 3.00 bits per heavy atom. The molecule has 1 fully saturated rings. The molecule has 0 aliphatic carbocycles. The quantitative estimate of drug-likeness (QED) is 0.709. The lowest BCUT2D eigenvalue weighted by atomic mass is 10.1. The van der Waals surface area contributed by atoms with Crippen molar-refractivity contribution in [3.63, 3.8) is 0 Å². The van der Waals surface area contributed by atoms with Crippen molar-refractivity contribution >= 4 is 0 Å². The maximum absolute atomic E-state index is 5.53. The van der Waals surface area contributed by atoms with Crippen LogP contribution in [0.25, 0.3) is 0 Å². The van der Waals surface area contributed by atoms with E-state index in [4.69, 9.17) is 9.15 Å². The lowest BCUT2D eigenvalue weighted by Gasteiger charge is -2.21. The number of nitrogens with zero attached hydrogens (tertiary/aromatic N) is 1. The molecule has 12 heavy (non-hydrogen) atoms. The van der Waals surface area contributed by atoms with Crippen molar-refractivity contribution in [2.45, 2.75) is 18.9 Å². The first-order valence-electron chi connectivity index (χ1n) is 4.21. The van der Waals surface area contributed by atoms with Crippen molar-refractivity contribution < 1.29 is 9.15 Å². The summed E-state index contributed by atoms with van der Waals surface area (Å²) in [4.78, 5) is 3.78. The van der Waals surface area contributed by atoms with E-state index < -0.39 is 0 Å². The van der Waals surface area contributed by atoms with Crippen LogP contribution in [0.5, 0.6) is 5.95 Å². The van der Waals surface area contributed by atoms with Crippen molar-refractivity contribution in [2.24, 2.45) is 0 Å². The van der Waals surface area contributed by atoms with E-state index in [0.717, 1.165) is 25.9 Å². The summed E-state index contributed by atoms with van der Waals surface area (Å²) in [7, 11) is 0. The molecular formula is C8H12N2O2. The minimum Gasteiger partial charge on any atom is -0.461 e. The summed E-state index contributed by atoms with van der Waals surface area (Å²) < 4.78 is 10.5. The summed E-state index contributed by atoms with van der Waals surface area (Å²) in [6, 6.07) is 0. The van der Waals surface area contributed by atoms with Crippen molar-refractivity contribution in [1.29, 1.82) is 0 Å². The molecule has 4 nitrogen and oxygen atoms in total. The molecule has 0 radical (unpaired) electrons. The average Bonchev–Trinajstić information content (AvgIpc) is 2.59. The van der Waals surface area contributed by atoms with Crippen LogP contribution in [-0.4, -0.2) is 24.2 Å². The summed E-state index contributed by atoms with van der Waals surface area (Å²) in [6.45, 7) is 2.05. The second kappa shape index (κ2) is 3.58. The van der Waals surface area contributed by atoms with Gasteiger partial charge in [-0.05, 0) is 25.9 Å². The van der Waals surface area contributed by atoms with E-state index in [-0.39, 0.29) is 0 Å². The molecule has 66 valence electrons. The SMILES string of the molecule is c1ncc(OC2CCNCC2)o1. The molecule has 0 aromatic carbocycles. The van der Waals surface area contributed by atoms with Crippen LogP contribution in [0.1, 0.15) is 12.8 Å². The molecule has 1 N–H and O–H groups in total. The Hall–Kier alpha value is -1.03. The van der Waals surface area contributed by atoms with E-state index in [1.165, 1.54) is 6.39 Å². The lowest BCUT2D eigenvalue weighted by Crippen LogP contribution is -2.34. The zero-order chi connectivity index (χ0) is 8.23. The summed E-state index contributed by atoms with van der Waals surface area (Å²) >= 11 is 0. The van der Waals surface area contributed by atoms with Crippen LogP contribution in [0.3, 0.4) is 0 Å². The summed E-state index contributed by atoms with van der Waals surface area (Å²) in [5.74, 6) is 0.530. The largest absolute Gasteiger partial charge is 0.461 e. The minimum atomic E-state index is 0.291. The van der Waals surface area contributed by atoms with Gasteiger partial charge in [0.1, 0.15) is 12.3 Å². The predicted molar refractivity (Wildman–Crippen MR) is 43.0 cm³/mol. The van der Waals surface area contributed by atoms with Crippen molar-refractivity contribution in [2.75, 3.05) is 13.1 Å². The minimum absolute atomic E-state index is 0.291. The smallest absolute Gasteiger partial charge is 0.305 e. The number of oxazole rings is 1. The maximum atomic E-state index is 5.53. The van der Waals surface area contributed by atoms with Gasteiger partial charge in [0.2, 0.25) is 0 Å². The first-order chi connectivity index (χ1) is 5.95. The van der Waals surface area contributed by atoms with Crippen LogP contribution in [0.2, 0.25) is 0 Å². The van der Waals surface area contributed by atoms with Gasteiger partial charge in [-0.3, -0.25) is 0 Å². The Morgan fingerprint density at radius 1 is 1.50 bits per heavy atom. The van der Waals surface area contributed by atoms with E-state index in [1.54, 1.807) is 6.20 Å². The van der Waals surface area contributed by atoms with Crippen LogP contribution in [0, 0.1) is 0 Å². The third-order valence-electron chi connectivity index (χ3n) is 1.98. The standard InChI is InChI=1S/C8H12N2O2/c1-3-9-4-2-7(1)12-8-5-10-6-11-8/h5-7,9H,1-4H2. The Bertz CT molecular complexity index is 217. The first-order valence-corrected chi connectivity index (χ1v) is 4.21. The highest BCUT2D eigenvalue weighted by Crippen LogP contribution is 2.14. The highest BCUT2D eigenvalue weighted by atomic mass is 16.6. The number of hydrogen-bond donors (Lipinski definition) is 1. The number of nitrogens with one attached hydrogen (secondary N) is 1. The summed E-state index contributed by atoms with van der Waals surface area (Å²) in [6.07, 6.45) is 5.36. The topological polar surface area (TPSA) is 47.3 Å². The zero-order valence-electron chi connectivity index (χ0n) is 6.82. The zero-order valence-corrected chi connectivity index (χ0v) is 6.82. The molecule has 2 heterocycles. The molecule has 1 saturated heterocycles. The Balaban J connectivity index is 1.86. The van der Waals surface area contributed by atoms with E-state index >= 15 is 0 Å². The fourth-order valence-corrected chi connectivity index (χ4v) is 1.34. The second-order valence-electron chi connectivity index (χ2n) is 2.89. The third-order valence-corrected chi connectivity index (χ3v) is 1.98. The van der Waals surface area contributed by atoms with E-state index in [1.807, 2.05) is 0 Å². The van der Waals surface area contributed by atoms with Crippen molar-refractivity contribution in [3.8, 4) is 5.95 Å². The molecule has 0 amide bonds. The molecular weight excluding hydrogens is 156 g/mol. The normalized spacial score (nSPS) is 19.3. The fourth-order valence-electron chi connectivity index (χ4n) is 1.34. The number of piperidine rings is 1. The fraction of sp³-hybridized carbons (Fsp3) is 0.625. The van der Waals surface area contributed by atoms with Gasteiger partial charge in [0.25, 0.3) is 0 Å². The molecule has 0 spiro atoms. The summed E-state index contributed by atoms with van der Waals surface area (Å²) in [5, 5.41) is 3.27. The van der Waals surface area contributed by atoms with Crippen LogP contribution in [0.4, 0.5) is 0 Å². The van der Waals surface area contributed by atoms with Crippen LogP contribution < -0.4 is 10.1 Å². The van der Waals surface area contributed by atoms with E-state index in [0.29, 0.717) is 12.1 Å². The number of hydrogen-bond acceptors (Lipinski definition) is 4. The van der Waals surface area contributed by atoms with Gasteiger partial charge in [0.15, 0.2) is 6.39 Å². The van der Waals surface area contributed by atoms with Gasteiger partial charge in [-0.2, -0.15) is 0 Å². The van der Waals surface area contributed by atoms with Crippen molar-refractivity contribution in [1.82, 2.24) is 10.3 Å². The van der Waals surface area contributed by atoms with E-state index in [9.17, 15) is 0 Å². The molecule has 0 unspecified atom stereocenters. The Morgan fingerprint density at radius 2 is 2.33 bits per heavy atom. The van der Waals surface area contributed by atoms with Gasteiger partial charge < -0.3 is 14.5 Å². The van der Waals surface area contributed by atoms with Gasteiger partial charge >= 0.3 is 5.95 Å². The Labute approximate surface area is 70.9 Å². The van der Waals surface area contributed by atoms with Crippen LogP contribution in [0.15, 0.2) is 17.0 Å². The molecule has 0 bridgehead atoms. The molecule has 2 rings (SSSR count). The van der Waals surface area contributed by atoms with Gasteiger partial charge in [0.05, 0.1) is 0 Å². The number of ether oxygens (including phenoxy) is 1. The molecule has 4 heteroatoms. The predicted octanol–water partition coefficient (Wildman–Crippen LogP) is 0.805. The second-order valence-corrected chi connectivity index (χ2v) is 2.89. The van der Waals surface area contributed by atoms with E-state index in [2.05, 4.69) is 10.3 Å². The maximum Gasteiger partial charge on any atom is 0.305 e. The highest BCUT2D eigenvalue weighted by Gasteiger charge is 2.15. The molecule has 1 aliphatic heterocycles. The highest BCUT2D eigenvalue weighted by molar-refractivity contribution is 4.96. The van der Waals surface area contributed by atoms with Gasteiger partial charge in [-0.1, -0.05) is 0 Å². The summed E-state index contributed by atoms with van der Waals surface area (Å²) in [5.41, 5.74) is 0. The lowest BCUT2D eigenvalue weighted by molar-refractivity contribution is 0.126. The van der Waals surface area contributed by atoms with Gasteiger partial charge in [-0.15, -0.1) is 0 Å². The molecule has 1 aliphatic rings. The monoisotopic (exact) mass is 168 g/mol. The molecule has 1 aromatic heterocycles. The first kappa shape index (κ1) is 7.61. The van der Waals surface area contributed by atoms with Gasteiger partial charge in [-0.25, -0.2) is 4.98 Å². The third kappa shape index (κ3) is 1.76. The molecule has 1 aromatic rings. The van der Waals surface area contributed by atoms with Gasteiger partial charge in [0, 0.05) is 0 Å². The van der Waals surface area contributed by atoms with Crippen LogP contribution >= 0.6 is 0 Å². The number of rotatable bonds is 2. The van der Waals surface area contributed by atoms with Crippen LogP contribution in [-0.2, 0) is 0 Å². The van der Waals surface area contributed by atoms with Crippen molar-refractivity contribution in [3.05, 3.63) is 12.6 Å². The molecule has 0 atom stereocenters. The number of aromatic nitrogens is 1.